The van der Waals surface area contributed by atoms with Gasteiger partial charge in [0.1, 0.15) is 5.69 Å². The molecule has 0 spiro atoms. The summed E-state index contributed by atoms with van der Waals surface area (Å²) >= 11 is 0. The van der Waals surface area contributed by atoms with E-state index in [1.54, 1.807) is 0 Å². The summed E-state index contributed by atoms with van der Waals surface area (Å²) in [7, 11) is 1.93. The quantitative estimate of drug-likeness (QED) is 0.738. The van der Waals surface area contributed by atoms with E-state index < -0.39 is 0 Å². The molecular formula is C23H35N5O. The molecule has 1 aliphatic heterocycles. The van der Waals surface area contributed by atoms with Crippen molar-refractivity contribution in [2.75, 3.05) is 26.2 Å². The van der Waals surface area contributed by atoms with Gasteiger partial charge in [-0.1, -0.05) is 20.8 Å². The largest absolute Gasteiger partial charge is 0.476 e. The molecule has 4 rings (SSSR count). The Morgan fingerprint density at radius 1 is 1.10 bits per heavy atom. The summed E-state index contributed by atoms with van der Waals surface area (Å²) < 4.78 is 7.83. The molecule has 0 aromatic carbocycles. The molecule has 1 unspecified atom stereocenters. The van der Waals surface area contributed by atoms with Crippen LogP contribution in [0.4, 0.5) is 0 Å². The normalized spacial score (nSPS) is 24.8. The van der Waals surface area contributed by atoms with Gasteiger partial charge in [0, 0.05) is 26.2 Å². The molecule has 0 radical (unpaired) electrons. The second-order valence-electron chi connectivity index (χ2n) is 10.3. The molecule has 2 aromatic heterocycles. The standard InChI is InChI=1S/C23H35N5O/c1-16-12-24-27(5)22(16)20-6-7-21(26-25-20)29-15-17-10-18-13-28(14-19(18)11-17)9-8-23(2,3)4/h6-7,12,17-19H,8-11,13-15H2,1-5H3/t17?,18-,19+. The average molecular weight is 398 g/mol. The molecule has 2 aliphatic rings. The first-order chi connectivity index (χ1) is 13.8. The number of likely N-dealkylation sites (tertiary alicyclic amines) is 1. The maximum atomic E-state index is 6.00. The first-order valence-corrected chi connectivity index (χ1v) is 11.0. The maximum absolute atomic E-state index is 6.00. The maximum Gasteiger partial charge on any atom is 0.233 e. The lowest BCUT2D eigenvalue weighted by Gasteiger charge is -2.24. The number of aryl methyl sites for hydroxylation is 2. The average Bonchev–Trinajstić information content (AvgIpc) is 3.31. The van der Waals surface area contributed by atoms with Crippen molar-refractivity contribution in [1.82, 2.24) is 24.9 Å². The van der Waals surface area contributed by atoms with E-state index in [4.69, 9.17) is 4.74 Å². The van der Waals surface area contributed by atoms with Crippen molar-refractivity contribution >= 4 is 0 Å². The molecule has 29 heavy (non-hydrogen) atoms. The highest BCUT2D eigenvalue weighted by atomic mass is 16.5. The highest BCUT2D eigenvalue weighted by molar-refractivity contribution is 5.58. The molecule has 2 aromatic rings. The van der Waals surface area contributed by atoms with Gasteiger partial charge >= 0.3 is 0 Å². The van der Waals surface area contributed by atoms with Crippen molar-refractivity contribution in [3.8, 4) is 17.3 Å². The van der Waals surface area contributed by atoms with Crippen LogP contribution in [0.25, 0.3) is 11.4 Å². The fraction of sp³-hybridized carbons (Fsp3) is 0.696. The highest BCUT2D eigenvalue weighted by Crippen LogP contribution is 2.42. The summed E-state index contributed by atoms with van der Waals surface area (Å²) in [5.74, 6) is 2.97. The predicted octanol–water partition coefficient (Wildman–Crippen LogP) is 3.96. The monoisotopic (exact) mass is 397 g/mol. The van der Waals surface area contributed by atoms with Gasteiger partial charge in [-0.2, -0.15) is 5.10 Å². The van der Waals surface area contributed by atoms with Crippen molar-refractivity contribution in [1.29, 1.82) is 0 Å². The van der Waals surface area contributed by atoms with Gasteiger partial charge < -0.3 is 9.64 Å². The van der Waals surface area contributed by atoms with Gasteiger partial charge in [0.2, 0.25) is 5.88 Å². The van der Waals surface area contributed by atoms with Crippen LogP contribution in [0.2, 0.25) is 0 Å². The Labute approximate surface area is 174 Å². The minimum Gasteiger partial charge on any atom is -0.476 e. The lowest BCUT2D eigenvalue weighted by molar-refractivity contribution is 0.212. The summed E-state index contributed by atoms with van der Waals surface area (Å²) in [4.78, 5) is 2.68. The van der Waals surface area contributed by atoms with E-state index in [0.717, 1.165) is 35.4 Å². The number of ether oxygens (including phenoxy) is 1. The Morgan fingerprint density at radius 2 is 1.83 bits per heavy atom. The van der Waals surface area contributed by atoms with Crippen molar-refractivity contribution in [3.63, 3.8) is 0 Å². The third-order valence-corrected chi connectivity index (χ3v) is 6.57. The Morgan fingerprint density at radius 3 is 2.38 bits per heavy atom. The third kappa shape index (κ3) is 4.80. The van der Waals surface area contributed by atoms with Crippen LogP contribution in [0.15, 0.2) is 18.3 Å². The van der Waals surface area contributed by atoms with E-state index >= 15 is 0 Å². The Balaban J connectivity index is 1.24. The van der Waals surface area contributed by atoms with Crippen LogP contribution in [-0.2, 0) is 7.05 Å². The van der Waals surface area contributed by atoms with Gasteiger partial charge in [-0.25, -0.2) is 0 Å². The van der Waals surface area contributed by atoms with Gasteiger partial charge in [-0.05, 0) is 67.5 Å². The number of nitrogens with zero attached hydrogens (tertiary/aromatic N) is 5. The third-order valence-electron chi connectivity index (χ3n) is 6.57. The smallest absolute Gasteiger partial charge is 0.233 e. The van der Waals surface area contributed by atoms with Crippen molar-refractivity contribution in [2.24, 2.45) is 30.2 Å². The van der Waals surface area contributed by atoms with E-state index in [1.807, 2.05) is 37.0 Å². The number of fused-ring (bicyclic) bond motifs is 1. The molecule has 1 saturated carbocycles. The molecule has 0 bridgehead atoms. The van der Waals surface area contributed by atoms with E-state index in [2.05, 4.69) is 41.0 Å². The minimum atomic E-state index is 0.431. The van der Waals surface area contributed by atoms with Gasteiger partial charge in [0.05, 0.1) is 18.5 Å². The molecule has 0 amide bonds. The molecule has 6 heteroatoms. The molecular weight excluding hydrogens is 362 g/mol. The van der Waals surface area contributed by atoms with E-state index in [9.17, 15) is 0 Å². The minimum absolute atomic E-state index is 0.431. The zero-order valence-corrected chi connectivity index (χ0v) is 18.6. The summed E-state index contributed by atoms with van der Waals surface area (Å²) in [6.45, 7) is 13.6. The Hall–Kier alpha value is -1.95. The second-order valence-corrected chi connectivity index (χ2v) is 10.3. The zero-order valence-electron chi connectivity index (χ0n) is 18.6. The van der Waals surface area contributed by atoms with E-state index in [0.29, 0.717) is 17.2 Å². The predicted molar refractivity (Wildman–Crippen MR) is 115 cm³/mol. The molecule has 3 atom stereocenters. The second kappa shape index (κ2) is 8.05. The SMILES string of the molecule is Cc1cnn(C)c1-c1ccc(OCC2C[C@@H]3CN(CCC(C)(C)C)C[C@@H]3C2)nn1. The Bertz CT molecular complexity index is 789. The summed E-state index contributed by atoms with van der Waals surface area (Å²) in [5, 5.41) is 12.9. The van der Waals surface area contributed by atoms with Crippen molar-refractivity contribution in [3.05, 3.63) is 23.9 Å². The number of aromatic nitrogens is 4. The fourth-order valence-electron chi connectivity index (χ4n) is 4.98. The first kappa shape index (κ1) is 20.3. The van der Waals surface area contributed by atoms with Crippen LogP contribution in [0.5, 0.6) is 5.88 Å². The number of rotatable bonds is 6. The molecule has 1 aliphatic carbocycles. The molecule has 158 valence electrons. The lowest BCUT2D eigenvalue weighted by atomic mass is 9.92. The van der Waals surface area contributed by atoms with Crippen LogP contribution >= 0.6 is 0 Å². The van der Waals surface area contributed by atoms with Crippen LogP contribution in [0, 0.1) is 30.1 Å². The van der Waals surface area contributed by atoms with Crippen LogP contribution in [0.1, 0.15) is 45.6 Å². The Kier molecular flexibility index (Phi) is 5.65. The number of hydrogen-bond acceptors (Lipinski definition) is 5. The molecule has 1 saturated heterocycles. The van der Waals surface area contributed by atoms with Crippen LogP contribution in [0.3, 0.4) is 0 Å². The van der Waals surface area contributed by atoms with Gasteiger partial charge in [-0.15, -0.1) is 10.2 Å². The number of hydrogen-bond donors (Lipinski definition) is 0. The summed E-state index contributed by atoms with van der Waals surface area (Å²) in [5.41, 5.74) is 3.37. The molecule has 3 heterocycles. The van der Waals surface area contributed by atoms with E-state index in [1.165, 1.54) is 38.9 Å². The van der Waals surface area contributed by atoms with Crippen molar-refractivity contribution < 1.29 is 4.74 Å². The van der Waals surface area contributed by atoms with Gasteiger partial charge in [0.25, 0.3) is 0 Å². The van der Waals surface area contributed by atoms with Crippen LogP contribution in [-0.4, -0.2) is 51.1 Å². The fourth-order valence-corrected chi connectivity index (χ4v) is 4.98. The summed E-state index contributed by atoms with van der Waals surface area (Å²) in [6.07, 6.45) is 5.71. The molecule has 2 fully saturated rings. The van der Waals surface area contributed by atoms with Gasteiger partial charge in [-0.3, -0.25) is 4.68 Å². The van der Waals surface area contributed by atoms with E-state index in [-0.39, 0.29) is 0 Å². The topological polar surface area (TPSA) is 56.1 Å². The van der Waals surface area contributed by atoms with Crippen LogP contribution < -0.4 is 4.74 Å². The van der Waals surface area contributed by atoms with Gasteiger partial charge in [0.15, 0.2) is 0 Å². The molecule has 0 N–H and O–H groups in total. The molecule has 6 nitrogen and oxygen atoms in total. The first-order valence-electron chi connectivity index (χ1n) is 11.0. The lowest BCUT2D eigenvalue weighted by Crippen LogP contribution is -2.27. The highest BCUT2D eigenvalue weighted by Gasteiger charge is 2.40. The summed E-state index contributed by atoms with van der Waals surface area (Å²) in [6, 6.07) is 3.90. The van der Waals surface area contributed by atoms with Crippen molar-refractivity contribution in [2.45, 2.75) is 47.0 Å². The zero-order chi connectivity index (χ0) is 20.6.